The lowest BCUT2D eigenvalue weighted by Gasteiger charge is -2.07. The number of aromatic nitrogens is 1. The van der Waals surface area contributed by atoms with Crippen LogP contribution >= 0.6 is 27.5 Å². The predicted octanol–water partition coefficient (Wildman–Crippen LogP) is 7.23. The highest BCUT2D eigenvalue weighted by molar-refractivity contribution is 9.10. The Bertz CT molecular complexity index is 1630. The largest absolute Gasteiger partial charge is 0.422 e. The molecule has 5 aromatic rings. The molecule has 6 nitrogen and oxygen atoms in total. The van der Waals surface area contributed by atoms with E-state index >= 15 is 0 Å². The normalized spacial score (nSPS) is 11.1. The smallest absolute Gasteiger partial charge is 0.343 e. The molecule has 1 heterocycles. The first-order chi connectivity index (χ1) is 18.0. The average molecular weight is 573 g/mol. The van der Waals surface area contributed by atoms with E-state index < -0.39 is 11.9 Å². The second kappa shape index (κ2) is 10.8. The third-order valence-corrected chi connectivity index (χ3v) is 6.39. The van der Waals surface area contributed by atoms with Gasteiger partial charge in [-0.1, -0.05) is 70.0 Å². The van der Waals surface area contributed by atoms with Crippen LogP contribution < -0.4 is 10.2 Å². The first-order valence-corrected chi connectivity index (χ1v) is 12.4. The number of nitrogens with zero attached hydrogens (tertiary/aromatic N) is 1. The van der Waals surface area contributed by atoms with Gasteiger partial charge in [0.25, 0.3) is 5.91 Å². The Morgan fingerprint density at radius 1 is 0.919 bits per heavy atom. The van der Waals surface area contributed by atoms with E-state index in [2.05, 4.69) is 31.4 Å². The average Bonchev–Trinajstić information content (AvgIpc) is 3.29. The summed E-state index contributed by atoms with van der Waals surface area (Å²) in [6.45, 7) is 0. The van der Waals surface area contributed by atoms with Crippen LogP contribution in [0.3, 0.4) is 0 Å². The SMILES string of the molecule is O=C(Oc1ccccc1C=NNC(=O)c1[nH]c2ccc(Cl)cc2c1-c1ccccc1)c1ccc(Br)cc1. The minimum Gasteiger partial charge on any atom is -0.422 e. The lowest BCUT2D eigenvalue weighted by molar-refractivity contribution is 0.0734. The molecule has 1 aromatic heterocycles. The molecule has 0 unspecified atom stereocenters. The monoisotopic (exact) mass is 571 g/mol. The minimum atomic E-state index is -0.498. The fraction of sp³-hybridized carbons (Fsp3) is 0. The quantitative estimate of drug-likeness (QED) is 0.0974. The number of aromatic amines is 1. The molecule has 4 aromatic carbocycles. The third-order valence-electron chi connectivity index (χ3n) is 5.62. The van der Waals surface area contributed by atoms with Gasteiger partial charge in [0.2, 0.25) is 0 Å². The highest BCUT2D eigenvalue weighted by Crippen LogP contribution is 2.34. The van der Waals surface area contributed by atoms with Gasteiger partial charge in [0, 0.05) is 31.5 Å². The van der Waals surface area contributed by atoms with Gasteiger partial charge in [-0.25, -0.2) is 10.2 Å². The molecule has 0 bridgehead atoms. The number of halogens is 2. The van der Waals surface area contributed by atoms with Crippen LogP contribution in [0.15, 0.2) is 107 Å². The molecule has 0 aliphatic carbocycles. The first-order valence-electron chi connectivity index (χ1n) is 11.3. The van der Waals surface area contributed by atoms with Gasteiger partial charge < -0.3 is 9.72 Å². The summed E-state index contributed by atoms with van der Waals surface area (Å²) >= 11 is 9.59. The molecule has 0 saturated carbocycles. The maximum Gasteiger partial charge on any atom is 0.343 e. The summed E-state index contributed by atoms with van der Waals surface area (Å²) in [4.78, 5) is 28.9. The molecule has 0 fully saturated rings. The number of amides is 1. The highest BCUT2D eigenvalue weighted by Gasteiger charge is 2.19. The Kier molecular flexibility index (Phi) is 7.16. The summed E-state index contributed by atoms with van der Waals surface area (Å²) in [5.74, 6) is -0.605. The number of carbonyl (C=O) groups is 2. The Labute approximate surface area is 226 Å². The molecular weight excluding hydrogens is 554 g/mol. The van der Waals surface area contributed by atoms with E-state index in [0.717, 1.165) is 26.5 Å². The van der Waals surface area contributed by atoms with Crippen molar-refractivity contribution in [3.05, 3.63) is 123 Å². The number of hydrogen-bond donors (Lipinski definition) is 2. The number of hydrazone groups is 1. The molecule has 5 rings (SSSR count). The van der Waals surface area contributed by atoms with Gasteiger partial charge in [0.1, 0.15) is 11.4 Å². The van der Waals surface area contributed by atoms with Crippen LogP contribution in [0.25, 0.3) is 22.0 Å². The predicted molar refractivity (Wildman–Crippen MR) is 149 cm³/mol. The number of rotatable bonds is 6. The molecule has 37 heavy (non-hydrogen) atoms. The number of para-hydroxylation sites is 1. The van der Waals surface area contributed by atoms with E-state index in [1.165, 1.54) is 6.21 Å². The summed E-state index contributed by atoms with van der Waals surface area (Å²) in [5, 5.41) is 5.53. The Balaban J connectivity index is 1.38. The van der Waals surface area contributed by atoms with Gasteiger partial charge in [-0.05, 0) is 60.2 Å². The maximum atomic E-state index is 13.2. The van der Waals surface area contributed by atoms with E-state index in [-0.39, 0.29) is 0 Å². The minimum absolute atomic E-state index is 0.318. The van der Waals surface area contributed by atoms with E-state index in [1.807, 2.05) is 42.5 Å². The van der Waals surface area contributed by atoms with Crippen LogP contribution in [0.1, 0.15) is 26.4 Å². The van der Waals surface area contributed by atoms with Crippen LogP contribution in [0.4, 0.5) is 0 Å². The van der Waals surface area contributed by atoms with Gasteiger partial charge in [-0.15, -0.1) is 0 Å². The standard InChI is InChI=1S/C29H19BrClN3O3/c30-21-12-10-19(11-13-21)29(36)37-25-9-5-4-8-20(25)17-32-34-28(35)27-26(18-6-2-1-3-7-18)23-16-22(31)14-15-24(23)33-27/h1-17,33H,(H,34,35). The lowest BCUT2D eigenvalue weighted by Crippen LogP contribution is -2.19. The van der Waals surface area contributed by atoms with E-state index in [0.29, 0.717) is 27.6 Å². The summed E-state index contributed by atoms with van der Waals surface area (Å²) in [6, 6.07) is 28.8. The van der Waals surface area contributed by atoms with Crippen molar-refractivity contribution in [3.63, 3.8) is 0 Å². The fourth-order valence-electron chi connectivity index (χ4n) is 3.88. The zero-order chi connectivity index (χ0) is 25.8. The van der Waals surface area contributed by atoms with Crippen molar-refractivity contribution in [2.75, 3.05) is 0 Å². The summed E-state index contributed by atoms with van der Waals surface area (Å²) < 4.78 is 6.43. The molecule has 0 atom stereocenters. The molecule has 182 valence electrons. The topological polar surface area (TPSA) is 83.5 Å². The third kappa shape index (κ3) is 5.48. The maximum absolute atomic E-state index is 13.2. The van der Waals surface area contributed by atoms with E-state index in [1.54, 1.807) is 54.6 Å². The summed E-state index contributed by atoms with van der Waals surface area (Å²) in [6.07, 6.45) is 1.43. The van der Waals surface area contributed by atoms with Gasteiger partial charge in [-0.3, -0.25) is 4.79 Å². The molecule has 1 amide bonds. The molecular formula is C29H19BrClN3O3. The molecule has 0 aliphatic rings. The number of nitrogens with one attached hydrogen (secondary N) is 2. The number of H-pyrrole nitrogens is 1. The van der Waals surface area contributed by atoms with Crippen LogP contribution in [-0.2, 0) is 0 Å². The van der Waals surface area contributed by atoms with Crippen LogP contribution in [0, 0.1) is 0 Å². The number of ether oxygens (including phenoxy) is 1. The molecule has 0 spiro atoms. The zero-order valence-electron chi connectivity index (χ0n) is 19.2. The van der Waals surface area contributed by atoms with Crippen molar-refractivity contribution in [1.82, 2.24) is 10.4 Å². The zero-order valence-corrected chi connectivity index (χ0v) is 21.6. The second-order valence-corrected chi connectivity index (χ2v) is 9.42. The van der Waals surface area contributed by atoms with Crippen molar-refractivity contribution in [3.8, 4) is 16.9 Å². The first kappa shape index (κ1) is 24.5. The van der Waals surface area contributed by atoms with Crippen molar-refractivity contribution in [1.29, 1.82) is 0 Å². The van der Waals surface area contributed by atoms with Crippen molar-refractivity contribution >= 4 is 56.5 Å². The number of benzene rings is 4. The fourth-order valence-corrected chi connectivity index (χ4v) is 4.32. The summed E-state index contributed by atoms with van der Waals surface area (Å²) in [7, 11) is 0. The van der Waals surface area contributed by atoms with Crippen molar-refractivity contribution in [2.24, 2.45) is 5.10 Å². The second-order valence-electron chi connectivity index (χ2n) is 8.06. The Hall–Kier alpha value is -4.20. The van der Waals surface area contributed by atoms with Gasteiger partial charge in [0.15, 0.2) is 0 Å². The highest BCUT2D eigenvalue weighted by atomic mass is 79.9. The molecule has 2 N–H and O–H groups in total. The molecule has 0 saturated heterocycles. The van der Waals surface area contributed by atoms with Gasteiger partial charge in [-0.2, -0.15) is 5.10 Å². The molecule has 0 aliphatic heterocycles. The van der Waals surface area contributed by atoms with Crippen molar-refractivity contribution in [2.45, 2.75) is 0 Å². The van der Waals surface area contributed by atoms with Gasteiger partial charge >= 0.3 is 5.97 Å². The van der Waals surface area contributed by atoms with E-state index in [9.17, 15) is 9.59 Å². The molecule has 0 radical (unpaired) electrons. The number of hydrogen-bond acceptors (Lipinski definition) is 4. The summed E-state index contributed by atoms with van der Waals surface area (Å²) in [5.41, 5.74) is 6.25. The number of fused-ring (bicyclic) bond motifs is 1. The Morgan fingerprint density at radius 3 is 2.43 bits per heavy atom. The van der Waals surface area contributed by atoms with E-state index in [4.69, 9.17) is 16.3 Å². The number of esters is 1. The lowest BCUT2D eigenvalue weighted by atomic mass is 10.0. The van der Waals surface area contributed by atoms with Crippen molar-refractivity contribution < 1.29 is 14.3 Å². The van der Waals surface area contributed by atoms with Crippen LogP contribution in [-0.4, -0.2) is 23.1 Å². The number of carbonyl (C=O) groups excluding carboxylic acids is 2. The van der Waals surface area contributed by atoms with Crippen LogP contribution in [0.2, 0.25) is 5.02 Å². The van der Waals surface area contributed by atoms with Gasteiger partial charge in [0.05, 0.1) is 11.8 Å². The van der Waals surface area contributed by atoms with Crippen LogP contribution in [0.5, 0.6) is 5.75 Å². The Morgan fingerprint density at radius 2 is 1.65 bits per heavy atom. The molecule has 8 heteroatoms.